The lowest BCUT2D eigenvalue weighted by atomic mass is 9.91. The van der Waals surface area contributed by atoms with Crippen LogP contribution in [0, 0.1) is 6.92 Å². The van der Waals surface area contributed by atoms with Crippen molar-refractivity contribution in [3.63, 3.8) is 0 Å². The van der Waals surface area contributed by atoms with Gasteiger partial charge in [0, 0.05) is 23.9 Å². The number of halogens is 13. The molecule has 0 atom stereocenters. The van der Waals surface area contributed by atoms with E-state index in [2.05, 4.69) is 4.57 Å². The largest absolute Gasteiger partial charge is 0.508 e. The molecule has 4 nitrogen and oxygen atoms in total. The summed E-state index contributed by atoms with van der Waals surface area (Å²) in [5.41, 5.74) is 3.62. The van der Waals surface area contributed by atoms with Gasteiger partial charge in [-0.15, -0.1) is 0 Å². The summed E-state index contributed by atoms with van der Waals surface area (Å²) in [5, 5.41) is 20.6. The minimum absolute atomic E-state index is 0.0161. The number of aryl methyl sites for hydroxylation is 2. The third-order valence-electron chi connectivity index (χ3n) is 8.39. The number of aromatic hydroxyl groups is 2. The Morgan fingerprint density at radius 1 is 0.612 bits per heavy atom. The van der Waals surface area contributed by atoms with Crippen molar-refractivity contribution in [2.45, 2.75) is 94.2 Å². The Morgan fingerprint density at radius 3 is 1.69 bits per heavy atom. The van der Waals surface area contributed by atoms with Gasteiger partial charge in [-0.05, 0) is 106 Å². The van der Waals surface area contributed by atoms with E-state index in [1.54, 1.807) is 54.4 Å². The molecule has 0 aliphatic heterocycles. The molecule has 276 valence electrons. The predicted octanol–water partition coefficient (Wildman–Crippen LogP) is 10.4. The number of hydrogen-bond donors (Lipinski definition) is 2. The van der Waals surface area contributed by atoms with E-state index in [9.17, 15) is 67.3 Å². The van der Waals surface area contributed by atoms with Crippen LogP contribution in [0.2, 0.25) is 0 Å². The van der Waals surface area contributed by atoms with E-state index in [0.29, 0.717) is 25.9 Å². The molecule has 0 unspecified atom stereocenters. The van der Waals surface area contributed by atoms with Gasteiger partial charge in [-0.2, -0.15) is 57.1 Å². The van der Waals surface area contributed by atoms with E-state index < -0.39 is 48.6 Å². The predicted molar refractivity (Wildman–Crippen MR) is 156 cm³/mol. The van der Waals surface area contributed by atoms with Gasteiger partial charge in [0.1, 0.15) is 11.5 Å². The quantitative estimate of drug-likeness (QED) is 0.108. The number of unbranched alkanes of at least 4 members (excludes halogenated alkanes) is 4. The molecule has 0 amide bonds. The average molecular weight is 727 g/mol. The molecule has 1 heterocycles. The molecule has 0 saturated carbocycles. The molecule has 0 fully saturated rings. The zero-order chi connectivity index (χ0) is 37.2. The van der Waals surface area contributed by atoms with Crippen molar-refractivity contribution in [1.29, 1.82) is 0 Å². The van der Waals surface area contributed by atoms with E-state index in [0.717, 1.165) is 40.6 Å². The van der Waals surface area contributed by atoms with Crippen molar-refractivity contribution in [2.75, 3.05) is 20.1 Å². The summed E-state index contributed by atoms with van der Waals surface area (Å²) in [4.78, 5) is 1.61. The Bertz CT molecular complexity index is 1550. The highest BCUT2D eigenvalue weighted by atomic mass is 19.4. The highest BCUT2D eigenvalue weighted by Crippen LogP contribution is 2.60. The van der Waals surface area contributed by atoms with Crippen LogP contribution in [0.3, 0.4) is 0 Å². The molecule has 0 bridgehead atoms. The monoisotopic (exact) mass is 726 g/mol. The number of phenolic OH excluding ortho intramolecular Hbond substituents is 2. The molecule has 3 aromatic rings. The average Bonchev–Trinajstić information content (AvgIpc) is 3.26. The summed E-state index contributed by atoms with van der Waals surface area (Å²) < 4.78 is 175. The van der Waals surface area contributed by atoms with Gasteiger partial charge in [-0.25, -0.2) is 0 Å². The lowest BCUT2D eigenvalue weighted by Crippen LogP contribution is -2.70. The molecule has 3 rings (SSSR count). The van der Waals surface area contributed by atoms with Crippen LogP contribution in [0.4, 0.5) is 57.1 Å². The molecule has 49 heavy (non-hydrogen) atoms. The van der Waals surface area contributed by atoms with Crippen molar-refractivity contribution < 1.29 is 67.3 Å². The van der Waals surface area contributed by atoms with Crippen LogP contribution >= 0.6 is 0 Å². The van der Waals surface area contributed by atoms with Gasteiger partial charge in [0.25, 0.3) is 0 Å². The first-order chi connectivity index (χ1) is 22.4. The van der Waals surface area contributed by atoms with E-state index >= 15 is 0 Å². The van der Waals surface area contributed by atoms with Crippen LogP contribution in [-0.4, -0.2) is 75.6 Å². The van der Waals surface area contributed by atoms with Crippen molar-refractivity contribution in [1.82, 2.24) is 9.47 Å². The zero-order valence-electron chi connectivity index (χ0n) is 26.3. The van der Waals surface area contributed by atoms with Gasteiger partial charge in [-0.1, -0.05) is 12.8 Å². The van der Waals surface area contributed by atoms with E-state index in [1.165, 1.54) is 0 Å². The Morgan fingerprint density at radius 2 is 1.12 bits per heavy atom. The first-order valence-electron chi connectivity index (χ1n) is 15.2. The third kappa shape index (κ3) is 7.85. The minimum Gasteiger partial charge on any atom is -0.508 e. The van der Waals surface area contributed by atoms with Gasteiger partial charge in [-0.3, -0.25) is 0 Å². The van der Waals surface area contributed by atoms with Gasteiger partial charge >= 0.3 is 35.8 Å². The number of alkyl halides is 13. The molecule has 2 aromatic carbocycles. The highest BCUT2D eigenvalue weighted by molar-refractivity contribution is 5.92. The fourth-order valence-electron chi connectivity index (χ4n) is 5.54. The molecule has 0 radical (unpaired) electrons. The maximum atomic E-state index is 14.0. The van der Waals surface area contributed by atoms with Crippen LogP contribution in [0.1, 0.15) is 50.5 Å². The summed E-state index contributed by atoms with van der Waals surface area (Å²) in [5.74, 6) is -36.4. The van der Waals surface area contributed by atoms with Crippen LogP contribution < -0.4 is 0 Å². The number of nitrogens with zero attached hydrogens (tertiary/aromatic N) is 2. The molecular weight excluding hydrogens is 691 g/mol. The number of hydrogen-bond acceptors (Lipinski definition) is 3. The standard InChI is InChI=1S/C32H35F13N2O2/c1-20-24-19-23(49)13-14-25(24)47(26(20)21-9-11-22(48)12-10-21)18-7-4-3-6-16-46(2)17-8-5-15-27(33,34)28(35,36)29(37,38)30(39,40)31(41,42)32(43,44)45/h9-14,19,48-49H,3-8,15-18H2,1-2H3. The molecule has 0 aliphatic carbocycles. The fraction of sp³-hybridized carbons (Fsp3) is 0.562. The Balaban J connectivity index is 1.48. The van der Waals surface area contributed by atoms with Gasteiger partial charge in [0.2, 0.25) is 0 Å². The summed E-state index contributed by atoms with van der Waals surface area (Å²) in [6.45, 7) is 2.93. The third-order valence-corrected chi connectivity index (χ3v) is 8.39. The number of fused-ring (bicyclic) bond motifs is 1. The summed E-state index contributed by atoms with van der Waals surface area (Å²) in [7, 11) is 1.55. The van der Waals surface area contributed by atoms with Crippen LogP contribution in [-0.2, 0) is 6.54 Å². The SMILES string of the molecule is Cc1c(-c2ccc(O)cc2)n(CCCCCCN(C)CCCCC(F)(F)C(F)(F)C(F)(F)C(F)(F)C(F)(F)C(F)(F)F)c2ccc(O)cc12. The molecule has 0 saturated heterocycles. The van der Waals surface area contributed by atoms with Crippen LogP contribution in [0.15, 0.2) is 42.5 Å². The molecule has 0 aliphatic rings. The number of rotatable bonds is 17. The second-order valence-corrected chi connectivity index (χ2v) is 12.0. The lowest BCUT2D eigenvalue weighted by molar-refractivity contribution is -0.440. The second kappa shape index (κ2) is 14.5. The van der Waals surface area contributed by atoms with Crippen molar-refractivity contribution in [3.05, 3.63) is 48.0 Å². The maximum absolute atomic E-state index is 14.0. The maximum Gasteiger partial charge on any atom is 0.460 e. The first-order valence-corrected chi connectivity index (χ1v) is 15.2. The molecule has 0 spiro atoms. The summed E-state index contributed by atoms with van der Waals surface area (Å²) >= 11 is 0. The normalized spacial score (nSPS) is 14.0. The van der Waals surface area contributed by atoms with Crippen molar-refractivity contribution >= 4 is 10.9 Å². The molecule has 17 heteroatoms. The summed E-state index contributed by atoms with van der Waals surface area (Å²) in [6.07, 6.45) is -8.04. The van der Waals surface area contributed by atoms with E-state index in [1.807, 2.05) is 6.92 Å². The van der Waals surface area contributed by atoms with E-state index in [4.69, 9.17) is 0 Å². The lowest BCUT2D eigenvalue weighted by Gasteiger charge is -2.39. The number of aromatic nitrogens is 1. The Hall–Kier alpha value is -3.37. The smallest absolute Gasteiger partial charge is 0.460 e. The number of benzene rings is 2. The van der Waals surface area contributed by atoms with Gasteiger partial charge < -0.3 is 19.7 Å². The second-order valence-electron chi connectivity index (χ2n) is 12.0. The van der Waals surface area contributed by atoms with E-state index in [-0.39, 0.29) is 24.5 Å². The topological polar surface area (TPSA) is 48.6 Å². The van der Waals surface area contributed by atoms with Crippen molar-refractivity contribution in [3.8, 4) is 22.8 Å². The Labute approximate surface area is 273 Å². The minimum atomic E-state index is -7.88. The molecular formula is C32H35F13N2O2. The fourth-order valence-corrected chi connectivity index (χ4v) is 5.54. The Kier molecular flexibility index (Phi) is 11.8. The molecule has 1 aromatic heterocycles. The highest BCUT2D eigenvalue weighted by Gasteiger charge is 2.90. The first kappa shape index (κ1) is 40.1. The van der Waals surface area contributed by atoms with Crippen molar-refractivity contribution in [2.24, 2.45) is 0 Å². The van der Waals surface area contributed by atoms with Gasteiger partial charge in [0.05, 0.1) is 5.69 Å². The summed E-state index contributed by atoms with van der Waals surface area (Å²) in [6, 6.07) is 11.7. The van der Waals surface area contributed by atoms with Crippen LogP contribution in [0.5, 0.6) is 11.5 Å². The number of phenols is 2. The zero-order valence-corrected chi connectivity index (χ0v) is 26.3. The van der Waals surface area contributed by atoms with Crippen LogP contribution in [0.25, 0.3) is 22.2 Å². The van der Waals surface area contributed by atoms with Gasteiger partial charge in [0.15, 0.2) is 0 Å². The molecule has 2 N–H and O–H groups in total.